The zero-order valence-electron chi connectivity index (χ0n) is 16.6. The van der Waals surface area contributed by atoms with Crippen molar-refractivity contribution in [1.82, 2.24) is 0 Å². The first kappa shape index (κ1) is 20.7. The summed E-state index contributed by atoms with van der Waals surface area (Å²) in [7, 11) is 3.08. The second-order valence-corrected chi connectivity index (χ2v) is 7.00. The lowest BCUT2D eigenvalue weighted by Gasteiger charge is -2.17. The summed E-state index contributed by atoms with van der Waals surface area (Å²) < 4.78 is 16.5. The number of aromatic carboxylic acids is 1. The first-order valence-corrected chi connectivity index (χ1v) is 9.52. The summed E-state index contributed by atoms with van der Waals surface area (Å²) >= 11 is 0. The van der Waals surface area contributed by atoms with Crippen molar-refractivity contribution in [2.24, 2.45) is 0 Å². The summed E-state index contributed by atoms with van der Waals surface area (Å²) in [4.78, 5) is 24.1. The quantitative estimate of drug-likeness (QED) is 0.694. The van der Waals surface area contributed by atoms with Gasteiger partial charge in [0.1, 0.15) is 0 Å². The number of nitrogens with one attached hydrogen (secondary N) is 1. The van der Waals surface area contributed by atoms with Crippen molar-refractivity contribution in [3.8, 4) is 11.5 Å². The van der Waals surface area contributed by atoms with Crippen LogP contribution in [0, 0.1) is 0 Å². The summed E-state index contributed by atoms with van der Waals surface area (Å²) in [6.45, 7) is 0.242. The molecular formula is C22H25NO6. The number of rotatable bonds is 8. The first-order chi connectivity index (χ1) is 14.0. The number of carbonyl (C=O) groups excluding carboxylic acids is 1. The molecule has 1 aliphatic rings. The fourth-order valence-corrected chi connectivity index (χ4v) is 3.44. The molecule has 0 unspecified atom stereocenters. The number of carbonyl (C=O) groups is 2. The molecule has 1 saturated carbocycles. The van der Waals surface area contributed by atoms with Gasteiger partial charge in [0.05, 0.1) is 25.4 Å². The first-order valence-electron chi connectivity index (χ1n) is 9.52. The third-order valence-electron chi connectivity index (χ3n) is 4.83. The van der Waals surface area contributed by atoms with E-state index < -0.39 is 5.97 Å². The monoisotopic (exact) mass is 399 g/mol. The molecule has 0 radical (unpaired) electrons. The maximum absolute atomic E-state index is 12.8. The molecular weight excluding hydrogens is 374 g/mol. The van der Waals surface area contributed by atoms with E-state index in [2.05, 4.69) is 5.32 Å². The highest BCUT2D eigenvalue weighted by Gasteiger charge is 2.20. The van der Waals surface area contributed by atoms with E-state index in [0.717, 1.165) is 25.7 Å². The largest absolute Gasteiger partial charge is 0.493 e. The maximum Gasteiger partial charge on any atom is 0.335 e. The van der Waals surface area contributed by atoms with Crippen LogP contribution in [-0.4, -0.2) is 37.3 Å². The summed E-state index contributed by atoms with van der Waals surface area (Å²) in [5.74, 6) is -0.333. The van der Waals surface area contributed by atoms with Gasteiger partial charge in [0.2, 0.25) is 0 Å². The van der Waals surface area contributed by atoms with Crippen molar-refractivity contribution >= 4 is 17.6 Å². The molecule has 2 aromatic carbocycles. The Morgan fingerprint density at radius 2 is 1.79 bits per heavy atom. The fourth-order valence-electron chi connectivity index (χ4n) is 3.44. The van der Waals surface area contributed by atoms with Crippen LogP contribution in [0.15, 0.2) is 36.4 Å². The standard InChI is InChI=1S/C22H25NO6/c1-27-13-14-9-16(22(25)26)11-17(10-14)23-21(24)15-7-8-19(28-2)20(12-15)29-18-5-3-4-6-18/h7-12,18H,3-6,13H2,1-2H3,(H,23,24)(H,25,26). The van der Waals surface area contributed by atoms with Crippen LogP contribution in [0.2, 0.25) is 0 Å². The van der Waals surface area contributed by atoms with Crippen molar-refractivity contribution in [1.29, 1.82) is 0 Å². The lowest BCUT2D eigenvalue weighted by molar-refractivity contribution is 0.0696. The van der Waals surface area contributed by atoms with Gasteiger partial charge in [-0.3, -0.25) is 4.79 Å². The van der Waals surface area contributed by atoms with Gasteiger partial charge in [-0.15, -0.1) is 0 Å². The maximum atomic E-state index is 12.8. The van der Waals surface area contributed by atoms with Crippen LogP contribution in [0.1, 0.15) is 52.0 Å². The number of hydrogen-bond acceptors (Lipinski definition) is 5. The van der Waals surface area contributed by atoms with E-state index in [1.165, 1.54) is 19.2 Å². The highest BCUT2D eigenvalue weighted by molar-refractivity contribution is 6.05. The molecule has 0 atom stereocenters. The van der Waals surface area contributed by atoms with Gasteiger partial charge in [0, 0.05) is 18.4 Å². The molecule has 0 heterocycles. The minimum atomic E-state index is -1.07. The van der Waals surface area contributed by atoms with Crippen LogP contribution in [0.5, 0.6) is 11.5 Å². The Morgan fingerprint density at radius 1 is 1.03 bits per heavy atom. The number of benzene rings is 2. The molecule has 0 aromatic heterocycles. The van der Waals surface area contributed by atoms with E-state index in [4.69, 9.17) is 14.2 Å². The molecule has 0 aliphatic heterocycles. The average Bonchev–Trinajstić information content (AvgIpc) is 3.21. The number of hydrogen-bond donors (Lipinski definition) is 2. The van der Waals surface area contributed by atoms with E-state index in [-0.39, 0.29) is 24.2 Å². The Balaban J connectivity index is 1.82. The molecule has 3 rings (SSSR count). The predicted molar refractivity (Wildman–Crippen MR) is 108 cm³/mol. The minimum absolute atomic E-state index is 0.0786. The van der Waals surface area contributed by atoms with Crippen molar-refractivity contribution in [2.75, 3.05) is 19.5 Å². The van der Waals surface area contributed by atoms with E-state index in [1.54, 1.807) is 31.4 Å². The number of anilines is 1. The molecule has 7 heteroatoms. The van der Waals surface area contributed by atoms with Crippen LogP contribution in [0.25, 0.3) is 0 Å². The van der Waals surface area contributed by atoms with E-state index in [9.17, 15) is 14.7 Å². The molecule has 2 N–H and O–H groups in total. The summed E-state index contributed by atoms with van der Waals surface area (Å²) in [5, 5.41) is 12.1. The Morgan fingerprint density at radius 3 is 2.45 bits per heavy atom. The second-order valence-electron chi connectivity index (χ2n) is 7.00. The molecule has 7 nitrogen and oxygen atoms in total. The Labute approximate surface area is 169 Å². The third kappa shape index (κ3) is 5.26. The average molecular weight is 399 g/mol. The number of amides is 1. The highest BCUT2D eigenvalue weighted by atomic mass is 16.5. The zero-order valence-corrected chi connectivity index (χ0v) is 16.6. The SMILES string of the molecule is COCc1cc(NC(=O)c2ccc(OC)c(OC3CCCC3)c2)cc(C(=O)O)c1. The summed E-state index contributed by atoms with van der Waals surface area (Å²) in [5.41, 5.74) is 1.52. The van der Waals surface area contributed by atoms with Crippen molar-refractivity contribution in [2.45, 2.75) is 38.4 Å². The molecule has 29 heavy (non-hydrogen) atoms. The van der Waals surface area contributed by atoms with E-state index >= 15 is 0 Å². The zero-order chi connectivity index (χ0) is 20.8. The molecule has 154 valence electrons. The van der Waals surface area contributed by atoms with Crippen molar-refractivity contribution in [3.05, 3.63) is 53.1 Å². The molecule has 1 amide bonds. The smallest absolute Gasteiger partial charge is 0.335 e. The van der Waals surface area contributed by atoms with Gasteiger partial charge >= 0.3 is 5.97 Å². The summed E-state index contributed by atoms with van der Waals surface area (Å²) in [6.07, 6.45) is 4.38. The van der Waals surface area contributed by atoms with E-state index in [0.29, 0.717) is 28.3 Å². The molecule has 2 aromatic rings. The van der Waals surface area contributed by atoms with Gasteiger partial charge in [0.15, 0.2) is 11.5 Å². The van der Waals surface area contributed by atoms with Gasteiger partial charge in [-0.05, 0) is 67.6 Å². The van der Waals surface area contributed by atoms with Gasteiger partial charge in [-0.25, -0.2) is 4.79 Å². The van der Waals surface area contributed by atoms with Crippen LogP contribution in [0.3, 0.4) is 0 Å². The number of ether oxygens (including phenoxy) is 3. The highest BCUT2D eigenvalue weighted by Crippen LogP contribution is 2.32. The van der Waals surface area contributed by atoms with Crippen LogP contribution in [0.4, 0.5) is 5.69 Å². The Hall–Kier alpha value is -3.06. The molecule has 0 spiro atoms. The Kier molecular flexibility index (Phi) is 6.72. The number of carboxylic acid groups (broad SMARTS) is 1. The number of carboxylic acids is 1. The lowest BCUT2D eigenvalue weighted by Crippen LogP contribution is -2.15. The van der Waals surface area contributed by atoms with Crippen LogP contribution < -0.4 is 14.8 Å². The van der Waals surface area contributed by atoms with Crippen LogP contribution >= 0.6 is 0 Å². The molecule has 1 aliphatic carbocycles. The topological polar surface area (TPSA) is 94.1 Å². The molecule has 0 bridgehead atoms. The van der Waals surface area contributed by atoms with Crippen molar-refractivity contribution < 1.29 is 28.9 Å². The lowest BCUT2D eigenvalue weighted by atomic mass is 10.1. The van der Waals surface area contributed by atoms with Gasteiger partial charge in [-0.2, -0.15) is 0 Å². The van der Waals surface area contributed by atoms with E-state index in [1.807, 2.05) is 0 Å². The van der Waals surface area contributed by atoms with Crippen molar-refractivity contribution in [3.63, 3.8) is 0 Å². The van der Waals surface area contributed by atoms with Gasteiger partial charge in [0.25, 0.3) is 5.91 Å². The second kappa shape index (κ2) is 9.43. The predicted octanol–water partition coefficient (Wildman–Crippen LogP) is 4.11. The summed E-state index contributed by atoms with van der Waals surface area (Å²) in [6, 6.07) is 9.62. The number of methoxy groups -OCH3 is 2. The molecule has 0 saturated heterocycles. The Bertz CT molecular complexity index is 889. The van der Waals surface area contributed by atoms with Crippen LogP contribution in [-0.2, 0) is 11.3 Å². The van der Waals surface area contributed by atoms with Gasteiger partial charge in [-0.1, -0.05) is 0 Å². The molecule has 1 fully saturated rings. The fraction of sp³-hybridized carbons (Fsp3) is 0.364. The third-order valence-corrected chi connectivity index (χ3v) is 4.83. The van der Waals surface area contributed by atoms with Gasteiger partial charge < -0.3 is 24.6 Å². The minimum Gasteiger partial charge on any atom is -0.493 e. The normalized spacial score (nSPS) is 13.9.